The van der Waals surface area contributed by atoms with Gasteiger partial charge in [-0.1, -0.05) is 6.92 Å². The summed E-state index contributed by atoms with van der Waals surface area (Å²) >= 11 is 5.56. The molecule has 1 N–H and O–H groups in total. The number of amides is 1. The predicted octanol–water partition coefficient (Wildman–Crippen LogP) is 3.11. The SMILES string of the molecule is CCC(=O)Nc1ncc(Br)c(C)c1I. The Morgan fingerprint density at radius 1 is 1.71 bits per heavy atom. The van der Waals surface area contributed by atoms with Gasteiger partial charge in [0.25, 0.3) is 0 Å². The normalized spacial score (nSPS) is 10.0. The molecule has 1 amide bonds. The number of pyridine rings is 1. The average molecular weight is 369 g/mol. The molecule has 0 aliphatic rings. The van der Waals surface area contributed by atoms with Crippen molar-refractivity contribution in [2.45, 2.75) is 20.3 Å². The van der Waals surface area contributed by atoms with Gasteiger partial charge in [-0.2, -0.15) is 0 Å². The summed E-state index contributed by atoms with van der Waals surface area (Å²) in [4.78, 5) is 15.3. The lowest BCUT2D eigenvalue weighted by Gasteiger charge is -2.08. The van der Waals surface area contributed by atoms with Gasteiger partial charge in [0.15, 0.2) is 0 Å². The number of halogens is 2. The highest BCUT2D eigenvalue weighted by molar-refractivity contribution is 14.1. The van der Waals surface area contributed by atoms with Gasteiger partial charge in [-0.25, -0.2) is 4.98 Å². The van der Waals surface area contributed by atoms with Crippen LogP contribution in [0.25, 0.3) is 0 Å². The van der Waals surface area contributed by atoms with E-state index in [4.69, 9.17) is 0 Å². The largest absolute Gasteiger partial charge is 0.310 e. The van der Waals surface area contributed by atoms with E-state index in [1.54, 1.807) is 6.20 Å². The van der Waals surface area contributed by atoms with Crippen molar-refractivity contribution >= 4 is 50.2 Å². The molecule has 0 spiro atoms. The molecule has 1 rings (SSSR count). The fraction of sp³-hybridized carbons (Fsp3) is 0.333. The molecule has 0 radical (unpaired) electrons. The lowest BCUT2D eigenvalue weighted by molar-refractivity contribution is -0.115. The van der Waals surface area contributed by atoms with Crippen molar-refractivity contribution in [3.8, 4) is 0 Å². The molecule has 0 saturated heterocycles. The molecule has 0 bridgehead atoms. The van der Waals surface area contributed by atoms with Gasteiger partial charge in [-0.3, -0.25) is 4.79 Å². The van der Waals surface area contributed by atoms with Crippen molar-refractivity contribution in [2.75, 3.05) is 5.32 Å². The van der Waals surface area contributed by atoms with Gasteiger partial charge in [0, 0.05) is 17.1 Å². The Hall–Kier alpha value is -0.170. The zero-order valence-electron chi connectivity index (χ0n) is 7.90. The molecular weight excluding hydrogens is 359 g/mol. The van der Waals surface area contributed by atoms with Crippen LogP contribution in [0.1, 0.15) is 18.9 Å². The van der Waals surface area contributed by atoms with Crippen molar-refractivity contribution in [1.82, 2.24) is 4.98 Å². The topological polar surface area (TPSA) is 42.0 Å². The minimum Gasteiger partial charge on any atom is -0.310 e. The summed E-state index contributed by atoms with van der Waals surface area (Å²) in [5.74, 6) is 0.621. The van der Waals surface area contributed by atoms with E-state index < -0.39 is 0 Å². The third-order valence-electron chi connectivity index (χ3n) is 1.78. The highest BCUT2D eigenvalue weighted by Crippen LogP contribution is 2.25. The summed E-state index contributed by atoms with van der Waals surface area (Å²) in [5.41, 5.74) is 1.09. The minimum atomic E-state index is -0.0165. The van der Waals surface area contributed by atoms with Crippen LogP contribution in [0.2, 0.25) is 0 Å². The van der Waals surface area contributed by atoms with Gasteiger partial charge in [0.2, 0.25) is 5.91 Å². The molecule has 0 aliphatic heterocycles. The van der Waals surface area contributed by atoms with E-state index in [-0.39, 0.29) is 5.91 Å². The maximum atomic E-state index is 11.2. The van der Waals surface area contributed by atoms with Gasteiger partial charge >= 0.3 is 0 Å². The zero-order chi connectivity index (χ0) is 10.7. The standard InChI is InChI=1S/C9H10BrIN2O/c1-3-7(14)13-9-8(11)5(2)6(10)4-12-9/h4H,3H2,1-2H3,(H,12,13,14). The molecule has 0 unspecified atom stereocenters. The summed E-state index contributed by atoms with van der Waals surface area (Å²) in [6.07, 6.45) is 2.16. The minimum absolute atomic E-state index is 0.0165. The molecule has 5 heteroatoms. The van der Waals surface area contributed by atoms with Crippen LogP contribution in [0.15, 0.2) is 10.7 Å². The van der Waals surface area contributed by atoms with Crippen LogP contribution in [0.3, 0.4) is 0 Å². The first-order chi connectivity index (χ1) is 6.56. The van der Waals surface area contributed by atoms with E-state index in [0.717, 1.165) is 13.6 Å². The lowest BCUT2D eigenvalue weighted by atomic mass is 10.3. The molecule has 76 valence electrons. The molecular formula is C9H10BrIN2O. The molecule has 0 atom stereocenters. The maximum Gasteiger partial charge on any atom is 0.225 e. The molecule has 1 aromatic heterocycles. The summed E-state index contributed by atoms with van der Waals surface area (Å²) in [6.45, 7) is 3.79. The Morgan fingerprint density at radius 2 is 2.36 bits per heavy atom. The fourth-order valence-electron chi connectivity index (χ4n) is 0.865. The Bertz CT molecular complexity index is 368. The van der Waals surface area contributed by atoms with Crippen LogP contribution < -0.4 is 5.32 Å². The van der Waals surface area contributed by atoms with E-state index >= 15 is 0 Å². The van der Waals surface area contributed by atoms with Gasteiger partial charge in [0.1, 0.15) is 5.82 Å². The van der Waals surface area contributed by atoms with E-state index in [1.807, 2.05) is 13.8 Å². The van der Waals surface area contributed by atoms with Crippen LogP contribution in [0, 0.1) is 10.5 Å². The molecule has 3 nitrogen and oxygen atoms in total. The summed E-state index contributed by atoms with van der Waals surface area (Å²) in [7, 11) is 0. The summed E-state index contributed by atoms with van der Waals surface area (Å²) < 4.78 is 1.93. The van der Waals surface area contributed by atoms with Crippen molar-refractivity contribution in [2.24, 2.45) is 0 Å². The van der Waals surface area contributed by atoms with E-state index in [1.165, 1.54) is 0 Å². The van der Waals surface area contributed by atoms with Crippen molar-refractivity contribution in [1.29, 1.82) is 0 Å². The molecule has 0 fully saturated rings. The van der Waals surface area contributed by atoms with Gasteiger partial charge < -0.3 is 5.32 Å². The average Bonchev–Trinajstić information content (AvgIpc) is 2.19. The molecule has 1 heterocycles. The number of anilines is 1. The van der Waals surface area contributed by atoms with Crippen LogP contribution in [-0.2, 0) is 4.79 Å². The molecule has 0 aliphatic carbocycles. The number of aromatic nitrogens is 1. The lowest BCUT2D eigenvalue weighted by Crippen LogP contribution is -2.12. The summed E-state index contributed by atoms with van der Waals surface area (Å²) in [5, 5.41) is 2.75. The van der Waals surface area contributed by atoms with Crippen molar-refractivity contribution < 1.29 is 4.79 Å². The molecule has 1 aromatic rings. The Kier molecular flexibility index (Phi) is 4.31. The first-order valence-electron chi connectivity index (χ1n) is 4.16. The monoisotopic (exact) mass is 368 g/mol. The van der Waals surface area contributed by atoms with Crippen LogP contribution in [0.5, 0.6) is 0 Å². The second kappa shape index (κ2) is 5.06. The van der Waals surface area contributed by atoms with Crippen molar-refractivity contribution in [3.63, 3.8) is 0 Å². The number of carbonyl (C=O) groups excluding carboxylic acids is 1. The molecule has 0 saturated carbocycles. The number of nitrogens with one attached hydrogen (secondary N) is 1. The molecule has 14 heavy (non-hydrogen) atoms. The predicted molar refractivity (Wildman–Crippen MR) is 68.3 cm³/mol. The zero-order valence-corrected chi connectivity index (χ0v) is 11.6. The third kappa shape index (κ3) is 2.66. The smallest absolute Gasteiger partial charge is 0.225 e. The number of hydrogen-bond donors (Lipinski definition) is 1. The summed E-state index contributed by atoms with van der Waals surface area (Å²) in [6, 6.07) is 0. The maximum absolute atomic E-state index is 11.2. The van der Waals surface area contributed by atoms with E-state index in [9.17, 15) is 4.79 Å². The number of nitrogens with zero attached hydrogens (tertiary/aromatic N) is 1. The first-order valence-corrected chi connectivity index (χ1v) is 6.03. The molecule has 0 aromatic carbocycles. The van der Waals surface area contributed by atoms with Crippen molar-refractivity contribution in [3.05, 3.63) is 19.8 Å². The highest BCUT2D eigenvalue weighted by atomic mass is 127. The van der Waals surface area contributed by atoms with E-state index in [0.29, 0.717) is 12.2 Å². The Balaban J connectivity index is 3.00. The van der Waals surface area contributed by atoms with Crippen LogP contribution in [0.4, 0.5) is 5.82 Å². The van der Waals surface area contributed by atoms with Crippen LogP contribution in [-0.4, -0.2) is 10.9 Å². The second-order valence-electron chi connectivity index (χ2n) is 2.80. The quantitative estimate of drug-likeness (QED) is 0.815. The first kappa shape index (κ1) is 11.9. The van der Waals surface area contributed by atoms with Gasteiger partial charge in [-0.05, 0) is 51.0 Å². The Morgan fingerprint density at radius 3 is 2.93 bits per heavy atom. The van der Waals surface area contributed by atoms with Gasteiger partial charge in [0.05, 0.1) is 3.57 Å². The van der Waals surface area contributed by atoms with Gasteiger partial charge in [-0.15, -0.1) is 0 Å². The van der Waals surface area contributed by atoms with E-state index in [2.05, 4.69) is 48.8 Å². The fourth-order valence-corrected chi connectivity index (χ4v) is 2.10. The Labute approximate surface area is 105 Å². The number of carbonyl (C=O) groups is 1. The third-order valence-corrected chi connectivity index (χ3v) is 3.90. The number of hydrogen-bond acceptors (Lipinski definition) is 2. The second-order valence-corrected chi connectivity index (χ2v) is 4.73. The number of rotatable bonds is 2. The van der Waals surface area contributed by atoms with Crippen LogP contribution >= 0.6 is 38.5 Å². The highest BCUT2D eigenvalue weighted by Gasteiger charge is 2.09.